The van der Waals surface area contributed by atoms with Crippen molar-refractivity contribution in [3.8, 4) is 11.1 Å². The number of primary amides is 1. The van der Waals surface area contributed by atoms with E-state index < -0.39 is 41.5 Å². The molecule has 2 aromatic carbocycles. The molecule has 3 amide bonds. The maximum absolute atomic E-state index is 14.1. The van der Waals surface area contributed by atoms with Gasteiger partial charge in [0.1, 0.15) is 11.5 Å². The van der Waals surface area contributed by atoms with Crippen molar-refractivity contribution in [3.63, 3.8) is 0 Å². The second-order valence-electron chi connectivity index (χ2n) is 9.03. The molecule has 1 aliphatic rings. The Balaban J connectivity index is 1.55. The van der Waals surface area contributed by atoms with Crippen LogP contribution >= 0.6 is 0 Å². The number of fused-ring (bicyclic) bond motifs is 1. The van der Waals surface area contributed by atoms with E-state index >= 15 is 0 Å². The number of aromatic amines is 1. The number of urea groups is 1. The number of rotatable bonds is 7. The molecule has 38 heavy (non-hydrogen) atoms. The zero-order chi connectivity index (χ0) is 27.7. The number of nitrogens with two attached hydrogens (primary N) is 1. The number of nitrogens with one attached hydrogen (secondary N) is 4. The van der Waals surface area contributed by atoms with Gasteiger partial charge in [0.25, 0.3) is 5.91 Å². The van der Waals surface area contributed by atoms with E-state index in [0.717, 1.165) is 13.0 Å². The molecular formula is C26H25F4N5O3. The zero-order valence-electron chi connectivity index (χ0n) is 20.2. The number of aliphatic hydroxyl groups is 1. The zero-order valence-corrected chi connectivity index (χ0v) is 20.2. The summed E-state index contributed by atoms with van der Waals surface area (Å²) in [5, 5.41) is 17.5. The van der Waals surface area contributed by atoms with Crippen LogP contribution in [-0.4, -0.2) is 41.4 Å². The molecule has 3 aromatic rings. The Morgan fingerprint density at radius 1 is 1.13 bits per heavy atom. The van der Waals surface area contributed by atoms with Crippen LogP contribution in [0.25, 0.3) is 22.0 Å². The number of amides is 3. The van der Waals surface area contributed by atoms with E-state index in [4.69, 9.17) is 10.8 Å². The van der Waals surface area contributed by atoms with Crippen molar-refractivity contribution in [2.24, 2.45) is 11.1 Å². The minimum Gasteiger partial charge on any atom is -0.395 e. The van der Waals surface area contributed by atoms with E-state index in [2.05, 4.69) is 20.9 Å². The van der Waals surface area contributed by atoms with Crippen LogP contribution in [0.2, 0.25) is 0 Å². The van der Waals surface area contributed by atoms with Gasteiger partial charge in [-0.25, -0.2) is 9.18 Å². The molecule has 1 unspecified atom stereocenters. The fourth-order valence-electron chi connectivity index (χ4n) is 4.23. The topological polar surface area (TPSA) is 132 Å². The summed E-state index contributed by atoms with van der Waals surface area (Å²) in [6.45, 7) is 1.14. The predicted molar refractivity (Wildman–Crippen MR) is 136 cm³/mol. The Bertz CT molecular complexity index is 1440. The molecule has 0 bridgehead atoms. The van der Waals surface area contributed by atoms with Crippen LogP contribution in [0.3, 0.4) is 0 Å². The normalized spacial score (nSPS) is 17.5. The number of halogens is 4. The number of hydrogen-bond donors (Lipinski definition) is 6. The maximum Gasteiger partial charge on any atom is 0.397 e. The van der Waals surface area contributed by atoms with Gasteiger partial charge in [-0.3, -0.25) is 4.79 Å². The lowest BCUT2D eigenvalue weighted by atomic mass is 9.81. The molecule has 0 aliphatic heterocycles. The average molecular weight is 532 g/mol. The molecule has 7 N–H and O–H groups in total. The summed E-state index contributed by atoms with van der Waals surface area (Å²) < 4.78 is 54.2. The van der Waals surface area contributed by atoms with Gasteiger partial charge in [0.2, 0.25) is 0 Å². The summed E-state index contributed by atoms with van der Waals surface area (Å²) in [5.74, 6) is -1.64. The number of para-hydroxylation sites is 1. The average Bonchev–Trinajstić information content (AvgIpc) is 3.25. The van der Waals surface area contributed by atoms with Crippen LogP contribution in [0, 0.1) is 5.41 Å². The highest BCUT2D eigenvalue weighted by molar-refractivity contribution is 6.12. The van der Waals surface area contributed by atoms with Crippen LogP contribution in [-0.2, 0) is 0 Å². The van der Waals surface area contributed by atoms with Gasteiger partial charge < -0.3 is 31.8 Å². The molecule has 12 heteroatoms. The van der Waals surface area contributed by atoms with E-state index in [-0.39, 0.29) is 18.0 Å². The summed E-state index contributed by atoms with van der Waals surface area (Å²) in [6.07, 6.45) is -3.94. The van der Waals surface area contributed by atoms with Gasteiger partial charge in [0.15, 0.2) is 0 Å². The van der Waals surface area contributed by atoms with E-state index in [9.17, 15) is 27.2 Å². The van der Waals surface area contributed by atoms with Crippen molar-refractivity contribution in [1.82, 2.24) is 10.3 Å². The highest BCUT2D eigenvalue weighted by atomic mass is 19.4. The van der Waals surface area contributed by atoms with E-state index in [1.807, 2.05) is 0 Å². The van der Waals surface area contributed by atoms with E-state index in [0.29, 0.717) is 40.3 Å². The SMILES string of the molecule is CC1(C(F)(F)F)C=CC(F)=C(NC(=O)Nc2ccc(-c3c(C(N)=O)[nH]c4c(NCCO)cccc34)cc2)C1. The molecule has 8 nitrogen and oxygen atoms in total. The third-order valence-electron chi connectivity index (χ3n) is 6.28. The Labute approximate surface area is 214 Å². The highest BCUT2D eigenvalue weighted by Crippen LogP contribution is 2.46. The molecule has 200 valence electrons. The van der Waals surface area contributed by atoms with Gasteiger partial charge in [0.05, 0.1) is 28.9 Å². The minimum absolute atomic E-state index is 0.0864. The van der Waals surface area contributed by atoms with Crippen LogP contribution in [0.15, 0.2) is 66.1 Å². The van der Waals surface area contributed by atoms with Gasteiger partial charge in [-0.05, 0) is 36.8 Å². The molecule has 1 aliphatic carbocycles. The third kappa shape index (κ3) is 5.21. The molecule has 0 saturated carbocycles. The molecule has 0 spiro atoms. The number of aromatic nitrogens is 1. The standard InChI is InChI=1S/C26H25F4N5O3/c1-25(26(28,29)30)10-9-17(27)19(13-25)34-24(38)33-15-7-5-14(6-8-15)20-16-3-2-4-18(32-11-12-36)21(16)35-22(20)23(31)37/h2-10,32,35-36H,11-13H2,1H3,(H2,31,37)(H2,33,34,38). The first-order valence-electron chi connectivity index (χ1n) is 11.6. The number of alkyl halides is 3. The summed E-state index contributed by atoms with van der Waals surface area (Å²) in [7, 11) is 0. The highest BCUT2D eigenvalue weighted by Gasteiger charge is 2.51. The first-order chi connectivity index (χ1) is 17.9. The minimum atomic E-state index is -4.62. The van der Waals surface area contributed by atoms with Crippen LogP contribution in [0.4, 0.5) is 33.7 Å². The number of benzene rings is 2. The van der Waals surface area contributed by atoms with Gasteiger partial charge >= 0.3 is 12.2 Å². The largest absolute Gasteiger partial charge is 0.397 e. The second kappa shape index (κ2) is 10.2. The lowest BCUT2D eigenvalue weighted by molar-refractivity contribution is -0.200. The summed E-state index contributed by atoms with van der Waals surface area (Å²) in [6, 6.07) is 10.8. The quantitative estimate of drug-likeness (QED) is 0.235. The van der Waals surface area contributed by atoms with Gasteiger partial charge in [-0.2, -0.15) is 13.2 Å². The Morgan fingerprint density at radius 2 is 1.84 bits per heavy atom. The predicted octanol–water partition coefficient (Wildman–Crippen LogP) is 5.17. The van der Waals surface area contributed by atoms with E-state index in [1.165, 1.54) is 12.1 Å². The summed E-state index contributed by atoms with van der Waals surface area (Å²) in [4.78, 5) is 27.6. The number of aliphatic hydroxyl groups excluding tert-OH is 1. The number of carbonyl (C=O) groups is 2. The van der Waals surface area contributed by atoms with Crippen molar-refractivity contribution >= 4 is 34.2 Å². The Morgan fingerprint density at radius 3 is 2.47 bits per heavy atom. The molecule has 1 atom stereocenters. The fraction of sp³-hybridized carbons (Fsp3) is 0.231. The van der Waals surface area contributed by atoms with Crippen molar-refractivity contribution in [3.05, 3.63) is 71.8 Å². The fourth-order valence-corrected chi connectivity index (χ4v) is 4.23. The monoisotopic (exact) mass is 531 g/mol. The maximum atomic E-state index is 14.1. The van der Waals surface area contributed by atoms with Gasteiger partial charge in [0, 0.05) is 29.6 Å². The molecule has 4 rings (SSSR count). The smallest absolute Gasteiger partial charge is 0.395 e. The molecule has 1 heterocycles. The Kier molecular flexibility index (Phi) is 7.18. The number of allylic oxidation sites excluding steroid dienone is 4. The Hall–Kier alpha value is -4.32. The van der Waals surface area contributed by atoms with Crippen molar-refractivity contribution in [2.75, 3.05) is 23.8 Å². The number of H-pyrrole nitrogens is 1. The molecule has 0 saturated heterocycles. The summed E-state index contributed by atoms with van der Waals surface area (Å²) in [5.41, 5.74) is 5.68. The molecule has 1 aromatic heterocycles. The van der Waals surface area contributed by atoms with Crippen LogP contribution in [0.1, 0.15) is 23.8 Å². The van der Waals surface area contributed by atoms with Crippen LogP contribution < -0.4 is 21.7 Å². The van der Waals surface area contributed by atoms with Crippen molar-refractivity contribution in [1.29, 1.82) is 0 Å². The number of carbonyl (C=O) groups excluding carboxylic acids is 2. The number of anilines is 2. The van der Waals surface area contributed by atoms with Crippen LogP contribution in [0.5, 0.6) is 0 Å². The van der Waals surface area contributed by atoms with E-state index in [1.54, 1.807) is 30.3 Å². The van der Waals surface area contributed by atoms with Gasteiger partial charge in [-0.15, -0.1) is 0 Å². The molecular weight excluding hydrogens is 506 g/mol. The lowest BCUT2D eigenvalue weighted by Gasteiger charge is -2.32. The number of hydrogen-bond acceptors (Lipinski definition) is 4. The lowest BCUT2D eigenvalue weighted by Crippen LogP contribution is -2.39. The summed E-state index contributed by atoms with van der Waals surface area (Å²) >= 11 is 0. The van der Waals surface area contributed by atoms with Gasteiger partial charge in [-0.1, -0.05) is 30.3 Å². The molecule has 0 radical (unpaired) electrons. The second-order valence-corrected chi connectivity index (χ2v) is 9.03. The molecule has 0 fully saturated rings. The van der Waals surface area contributed by atoms with Crippen molar-refractivity contribution in [2.45, 2.75) is 19.5 Å². The first kappa shape index (κ1) is 26.7. The third-order valence-corrected chi connectivity index (χ3v) is 6.28. The van der Waals surface area contributed by atoms with Crippen molar-refractivity contribution < 1.29 is 32.3 Å². The first-order valence-corrected chi connectivity index (χ1v) is 11.6.